The van der Waals surface area contributed by atoms with Crippen LogP contribution in [-0.4, -0.2) is 35.7 Å². The molecule has 4 nitrogen and oxygen atoms in total. The van der Waals surface area contributed by atoms with Crippen LogP contribution < -0.4 is 5.73 Å². The first kappa shape index (κ1) is 12.8. The van der Waals surface area contributed by atoms with Gasteiger partial charge in [0.05, 0.1) is 5.56 Å². The van der Waals surface area contributed by atoms with E-state index in [1.54, 1.807) is 29.2 Å². The normalized spacial score (nSPS) is 19.7. The second kappa shape index (κ2) is 5.31. The lowest BCUT2D eigenvalue weighted by Gasteiger charge is -2.31. The Kier molecular flexibility index (Phi) is 3.77. The van der Waals surface area contributed by atoms with Crippen molar-refractivity contribution in [3.8, 4) is 0 Å². The second-order valence-electron chi connectivity index (χ2n) is 4.76. The van der Waals surface area contributed by atoms with Crippen LogP contribution in [0.3, 0.4) is 0 Å². The Hall–Kier alpha value is -1.68. The van der Waals surface area contributed by atoms with Crippen molar-refractivity contribution >= 4 is 11.7 Å². The molecule has 1 aliphatic heterocycles. The van der Waals surface area contributed by atoms with Crippen LogP contribution in [0.15, 0.2) is 24.3 Å². The van der Waals surface area contributed by atoms with Crippen LogP contribution in [0.5, 0.6) is 0 Å². The van der Waals surface area contributed by atoms with Gasteiger partial charge in [0.1, 0.15) is 0 Å². The van der Waals surface area contributed by atoms with E-state index < -0.39 is 0 Å². The molecule has 0 aromatic heterocycles. The zero-order chi connectivity index (χ0) is 13.1. The van der Waals surface area contributed by atoms with Gasteiger partial charge < -0.3 is 10.6 Å². The Morgan fingerprint density at radius 3 is 2.56 bits per heavy atom. The van der Waals surface area contributed by atoms with Gasteiger partial charge in [0.15, 0.2) is 5.78 Å². The summed E-state index contributed by atoms with van der Waals surface area (Å²) in [5.74, 6) is -0.170. The number of rotatable bonds is 2. The van der Waals surface area contributed by atoms with Crippen molar-refractivity contribution in [1.29, 1.82) is 0 Å². The summed E-state index contributed by atoms with van der Waals surface area (Å²) in [6, 6.07) is 7.00. The molecule has 1 fully saturated rings. The molecule has 1 amide bonds. The van der Waals surface area contributed by atoms with Crippen molar-refractivity contribution < 1.29 is 9.59 Å². The first-order valence-corrected chi connectivity index (χ1v) is 6.24. The van der Waals surface area contributed by atoms with Gasteiger partial charge in [0.25, 0.3) is 5.91 Å². The van der Waals surface area contributed by atoms with E-state index in [-0.39, 0.29) is 17.7 Å². The average molecular weight is 246 g/mol. The summed E-state index contributed by atoms with van der Waals surface area (Å²) in [5, 5.41) is 0. The van der Waals surface area contributed by atoms with Gasteiger partial charge in [-0.3, -0.25) is 9.59 Å². The van der Waals surface area contributed by atoms with E-state index in [9.17, 15) is 9.59 Å². The molecule has 0 spiro atoms. The van der Waals surface area contributed by atoms with Gasteiger partial charge >= 0.3 is 0 Å². The van der Waals surface area contributed by atoms with Crippen molar-refractivity contribution in [2.24, 2.45) is 5.73 Å². The van der Waals surface area contributed by atoms with Crippen molar-refractivity contribution in [2.75, 3.05) is 13.1 Å². The van der Waals surface area contributed by atoms with E-state index in [1.807, 2.05) is 0 Å². The lowest BCUT2D eigenvalue weighted by Crippen LogP contribution is -2.46. The summed E-state index contributed by atoms with van der Waals surface area (Å²) in [7, 11) is 0. The van der Waals surface area contributed by atoms with Gasteiger partial charge in [-0.05, 0) is 25.8 Å². The van der Waals surface area contributed by atoms with Crippen molar-refractivity contribution in [1.82, 2.24) is 4.90 Å². The van der Waals surface area contributed by atoms with Gasteiger partial charge in [-0.1, -0.05) is 18.2 Å². The number of nitrogens with two attached hydrogens (primary N) is 1. The minimum Gasteiger partial charge on any atom is -0.337 e. The summed E-state index contributed by atoms with van der Waals surface area (Å²) in [4.78, 5) is 25.7. The SMILES string of the molecule is CC(=O)c1ccccc1C(=O)N1CCCC(N)C1. The summed E-state index contributed by atoms with van der Waals surface area (Å²) in [6.45, 7) is 2.78. The number of piperidine rings is 1. The average Bonchev–Trinajstić information content (AvgIpc) is 2.38. The Morgan fingerprint density at radius 2 is 1.94 bits per heavy atom. The number of ketones is 1. The number of hydrogen-bond donors (Lipinski definition) is 1. The number of hydrogen-bond acceptors (Lipinski definition) is 3. The molecule has 2 N–H and O–H groups in total. The van der Waals surface area contributed by atoms with Gasteiger partial charge in [-0.25, -0.2) is 0 Å². The van der Waals surface area contributed by atoms with E-state index in [2.05, 4.69) is 0 Å². The molecule has 2 rings (SSSR count). The summed E-state index contributed by atoms with van der Waals surface area (Å²) >= 11 is 0. The Morgan fingerprint density at radius 1 is 1.28 bits per heavy atom. The predicted octanol–water partition coefficient (Wildman–Crippen LogP) is 1.45. The monoisotopic (exact) mass is 246 g/mol. The van der Waals surface area contributed by atoms with Crippen LogP contribution in [0.2, 0.25) is 0 Å². The maximum Gasteiger partial charge on any atom is 0.254 e. The minimum atomic E-state index is -0.0871. The molecule has 1 aliphatic rings. The van der Waals surface area contributed by atoms with E-state index in [4.69, 9.17) is 5.73 Å². The molecule has 0 bridgehead atoms. The molecule has 1 unspecified atom stereocenters. The van der Waals surface area contributed by atoms with Gasteiger partial charge in [0.2, 0.25) is 0 Å². The lowest BCUT2D eigenvalue weighted by atomic mass is 10.0. The maximum absolute atomic E-state index is 12.4. The molecule has 18 heavy (non-hydrogen) atoms. The number of carbonyl (C=O) groups excluding carboxylic acids is 2. The standard InChI is InChI=1S/C14H18N2O2/c1-10(17)12-6-2-3-7-13(12)14(18)16-8-4-5-11(15)9-16/h2-3,6-7,11H,4-5,8-9,15H2,1H3. The van der Waals surface area contributed by atoms with Crippen LogP contribution in [0.1, 0.15) is 40.5 Å². The molecule has 1 heterocycles. The zero-order valence-electron chi connectivity index (χ0n) is 10.6. The fraction of sp³-hybridized carbons (Fsp3) is 0.429. The number of Topliss-reactive ketones (excluding diaryl/α,β-unsaturated/α-hetero) is 1. The number of amides is 1. The summed E-state index contributed by atoms with van der Waals surface area (Å²) in [5.41, 5.74) is 6.85. The van der Waals surface area contributed by atoms with Gasteiger partial charge in [-0.15, -0.1) is 0 Å². The van der Waals surface area contributed by atoms with Crippen LogP contribution in [0.25, 0.3) is 0 Å². The zero-order valence-corrected chi connectivity index (χ0v) is 10.6. The largest absolute Gasteiger partial charge is 0.337 e. The van der Waals surface area contributed by atoms with Crippen molar-refractivity contribution in [2.45, 2.75) is 25.8 Å². The molecule has 1 saturated heterocycles. The highest BCUT2D eigenvalue weighted by Gasteiger charge is 2.24. The molecular formula is C14H18N2O2. The lowest BCUT2D eigenvalue weighted by molar-refractivity contribution is 0.0705. The highest BCUT2D eigenvalue weighted by molar-refractivity contribution is 6.07. The highest BCUT2D eigenvalue weighted by Crippen LogP contribution is 2.16. The quantitative estimate of drug-likeness (QED) is 0.803. The molecular weight excluding hydrogens is 228 g/mol. The van der Waals surface area contributed by atoms with Crippen molar-refractivity contribution in [3.05, 3.63) is 35.4 Å². The molecule has 0 aliphatic carbocycles. The third-order valence-corrected chi connectivity index (χ3v) is 3.28. The van der Waals surface area contributed by atoms with Crippen molar-refractivity contribution in [3.63, 3.8) is 0 Å². The number of nitrogens with zero attached hydrogens (tertiary/aromatic N) is 1. The molecule has 1 aromatic rings. The van der Waals surface area contributed by atoms with Crippen LogP contribution >= 0.6 is 0 Å². The van der Waals surface area contributed by atoms with Crippen LogP contribution in [-0.2, 0) is 0 Å². The fourth-order valence-corrected chi connectivity index (χ4v) is 2.34. The van der Waals surface area contributed by atoms with E-state index in [0.717, 1.165) is 19.4 Å². The van der Waals surface area contributed by atoms with Gasteiger partial charge in [-0.2, -0.15) is 0 Å². The first-order valence-electron chi connectivity index (χ1n) is 6.24. The molecule has 4 heteroatoms. The summed E-state index contributed by atoms with van der Waals surface area (Å²) in [6.07, 6.45) is 1.88. The third-order valence-electron chi connectivity index (χ3n) is 3.28. The molecule has 0 saturated carbocycles. The topological polar surface area (TPSA) is 63.4 Å². The summed E-state index contributed by atoms with van der Waals surface area (Å²) < 4.78 is 0. The van der Waals surface area contributed by atoms with Crippen LogP contribution in [0, 0.1) is 0 Å². The smallest absolute Gasteiger partial charge is 0.254 e. The predicted molar refractivity (Wildman–Crippen MR) is 69.6 cm³/mol. The fourth-order valence-electron chi connectivity index (χ4n) is 2.34. The Labute approximate surface area is 107 Å². The first-order chi connectivity index (χ1) is 8.59. The molecule has 0 radical (unpaired) electrons. The second-order valence-corrected chi connectivity index (χ2v) is 4.76. The van der Waals surface area contributed by atoms with Crippen LogP contribution in [0.4, 0.5) is 0 Å². The number of benzene rings is 1. The molecule has 1 aromatic carbocycles. The number of likely N-dealkylation sites (tertiary alicyclic amines) is 1. The maximum atomic E-state index is 12.4. The third kappa shape index (κ3) is 2.59. The Balaban J connectivity index is 2.25. The van der Waals surface area contributed by atoms with E-state index in [0.29, 0.717) is 17.7 Å². The minimum absolute atomic E-state index is 0.0483. The Bertz CT molecular complexity index is 471. The van der Waals surface area contributed by atoms with E-state index >= 15 is 0 Å². The van der Waals surface area contributed by atoms with E-state index in [1.165, 1.54) is 6.92 Å². The molecule has 1 atom stereocenters. The van der Waals surface area contributed by atoms with Gasteiger partial charge in [0, 0.05) is 24.7 Å². The highest BCUT2D eigenvalue weighted by atomic mass is 16.2. The molecule has 96 valence electrons. The number of carbonyl (C=O) groups is 2.